The highest BCUT2D eigenvalue weighted by molar-refractivity contribution is 8.00. The van der Waals surface area contributed by atoms with E-state index in [0.717, 1.165) is 34.1 Å². The monoisotopic (exact) mass is 465 g/mol. The molecule has 0 spiro atoms. The van der Waals surface area contributed by atoms with E-state index in [-0.39, 0.29) is 22.7 Å². The predicted octanol–water partition coefficient (Wildman–Crippen LogP) is 4.22. The maximum atomic E-state index is 12.8. The minimum absolute atomic E-state index is 0.0990. The molecule has 0 aliphatic rings. The molecule has 172 valence electrons. The van der Waals surface area contributed by atoms with Crippen molar-refractivity contribution >= 4 is 35.0 Å². The molecular weight excluding hydrogens is 438 g/mol. The van der Waals surface area contributed by atoms with Gasteiger partial charge in [-0.25, -0.2) is 0 Å². The molecule has 0 radical (unpaired) electrons. The summed E-state index contributed by atoms with van der Waals surface area (Å²) < 4.78 is 0. The number of carbonyl (C=O) groups excluding carboxylic acids is 2. The SMILES string of the molecule is CCC(=O)Nc1ccc(C)cc1-c1nnc(S[C@@H](C)C(=O)Nc2cccc(C)c2C)[nH]c1=O. The van der Waals surface area contributed by atoms with Crippen molar-refractivity contribution in [1.29, 1.82) is 0 Å². The maximum Gasteiger partial charge on any atom is 0.278 e. The van der Waals surface area contributed by atoms with E-state index in [2.05, 4.69) is 25.8 Å². The van der Waals surface area contributed by atoms with Crippen LogP contribution in [0.25, 0.3) is 11.3 Å². The molecule has 1 heterocycles. The van der Waals surface area contributed by atoms with Gasteiger partial charge in [-0.05, 0) is 57.0 Å². The minimum Gasteiger partial charge on any atom is -0.325 e. The summed E-state index contributed by atoms with van der Waals surface area (Å²) in [7, 11) is 0. The minimum atomic E-state index is -0.515. The summed E-state index contributed by atoms with van der Waals surface area (Å²) in [4.78, 5) is 40.0. The summed E-state index contributed by atoms with van der Waals surface area (Å²) >= 11 is 1.11. The Kier molecular flexibility index (Phi) is 7.65. The molecule has 3 rings (SSSR count). The van der Waals surface area contributed by atoms with E-state index in [9.17, 15) is 14.4 Å². The van der Waals surface area contributed by atoms with Crippen molar-refractivity contribution in [2.45, 2.75) is 51.4 Å². The molecule has 0 saturated carbocycles. The first-order valence-electron chi connectivity index (χ1n) is 10.6. The van der Waals surface area contributed by atoms with Gasteiger partial charge < -0.3 is 10.6 Å². The number of nitrogens with zero attached hydrogens (tertiary/aromatic N) is 2. The lowest BCUT2D eigenvalue weighted by molar-refractivity contribution is -0.116. The van der Waals surface area contributed by atoms with Crippen molar-refractivity contribution in [1.82, 2.24) is 15.2 Å². The highest BCUT2D eigenvalue weighted by atomic mass is 32.2. The Hall–Kier alpha value is -3.46. The van der Waals surface area contributed by atoms with Crippen LogP contribution in [0.3, 0.4) is 0 Å². The molecule has 8 nitrogen and oxygen atoms in total. The second-order valence-corrected chi connectivity index (χ2v) is 9.08. The van der Waals surface area contributed by atoms with Crippen LogP contribution in [0, 0.1) is 20.8 Å². The fourth-order valence-corrected chi connectivity index (χ4v) is 3.84. The number of hydrogen-bond donors (Lipinski definition) is 3. The lowest BCUT2D eigenvalue weighted by Crippen LogP contribution is -2.24. The van der Waals surface area contributed by atoms with Gasteiger partial charge in [0.1, 0.15) is 0 Å². The molecule has 1 aromatic heterocycles. The molecule has 0 aliphatic carbocycles. The molecule has 1 atom stereocenters. The molecule has 3 N–H and O–H groups in total. The largest absolute Gasteiger partial charge is 0.325 e. The predicted molar refractivity (Wildman–Crippen MR) is 132 cm³/mol. The van der Waals surface area contributed by atoms with Gasteiger partial charge in [0.15, 0.2) is 10.9 Å². The quantitative estimate of drug-likeness (QED) is 0.450. The summed E-state index contributed by atoms with van der Waals surface area (Å²) in [6.45, 7) is 9.31. The first-order chi connectivity index (χ1) is 15.7. The van der Waals surface area contributed by atoms with Gasteiger partial charge >= 0.3 is 0 Å². The Balaban J connectivity index is 1.79. The van der Waals surface area contributed by atoms with E-state index in [1.54, 1.807) is 26.0 Å². The Morgan fingerprint density at radius 1 is 1.06 bits per heavy atom. The number of aromatic amines is 1. The number of rotatable bonds is 7. The molecule has 9 heteroatoms. The van der Waals surface area contributed by atoms with Crippen molar-refractivity contribution in [3.8, 4) is 11.3 Å². The molecule has 33 heavy (non-hydrogen) atoms. The van der Waals surface area contributed by atoms with Crippen molar-refractivity contribution < 1.29 is 9.59 Å². The number of amides is 2. The Morgan fingerprint density at radius 3 is 2.52 bits per heavy atom. The van der Waals surface area contributed by atoms with Crippen LogP contribution in [0.1, 0.15) is 37.0 Å². The van der Waals surface area contributed by atoms with Gasteiger partial charge in [-0.3, -0.25) is 19.4 Å². The second-order valence-electron chi connectivity index (χ2n) is 7.76. The van der Waals surface area contributed by atoms with Crippen LogP contribution in [0.15, 0.2) is 46.3 Å². The molecule has 0 unspecified atom stereocenters. The second kappa shape index (κ2) is 10.4. The fraction of sp³-hybridized carbons (Fsp3) is 0.292. The average molecular weight is 466 g/mol. The summed E-state index contributed by atoms with van der Waals surface area (Å²) in [6, 6.07) is 11.1. The first-order valence-corrected chi connectivity index (χ1v) is 11.5. The topological polar surface area (TPSA) is 117 Å². The Labute approximate surface area is 196 Å². The molecule has 0 fully saturated rings. The highest BCUT2D eigenvalue weighted by Crippen LogP contribution is 2.27. The molecule has 2 amide bonds. The van der Waals surface area contributed by atoms with Gasteiger partial charge in [0.2, 0.25) is 11.8 Å². The number of hydrogen-bond acceptors (Lipinski definition) is 6. The number of aromatic nitrogens is 3. The van der Waals surface area contributed by atoms with Crippen LogP contribution in [0.5, 0.6) is 0 Å². The number of thioether (sulfide) groups is 1. The highest BCUT2D eigenvalue weighted by Gasteiger charge is 2.19. The number of aryl methyl sites for hydroxylation is 2. The molecule has 0 saturated heterocycles. The maximum absolute atomic E-state index is 12.8. The standard InChI is InChI=1S/C24H27N5O3S/c1-6-20(30)25-19-11-10-13(2)12-17(19)21-23(32)27-24(29-28-21)33-16(5)22(31)26-18-9-7-8-14(3)15(18)4/h7-12,16H,6H2,1-5H3,(H,25,30)(H,26,31)(H,27,29,32)/t16-/m0/s1. The Bertz CT molecular complexity index is 1260. The van der Waals surface area contributed by atoms with Crippen molar-refractivity contribution in [3.05, 3.63) is 63.4 Å². The van der Waals surface area contributed by atoms with Crippen molar-refractivity contribution in [2.24, 2.45) is 0 Å². The summed E-state index contributed by atoms with van der Waals surface area (Å²) in [5, 5.41) is 13.6. The lowest BCUT2D eigenvalue weighted by atomic mass is 10.1. The van der Waals surface area contributed by atoms with Crippen LogP contribution < -0.4 is 16.2 Å². The molecule has 0 bridgehead atoms. The smallest absolute Gasteiger partial charge is 0.278 e. The average Bonchev–Trinajstić information content (AvgIpc) is 2.78. The molecule has 3 aromatic rings. The van der Waals surface area contributed by atoms with E-state index >= 15 is 0 Å². The van der Waals surface area contributed by atoms with Gasteiger partial charge in [-0.1, -0.05) is 42.4 Å². The fourth-order valence-electron chi connectivity index (χ4n) is 3.09. The first kappa shape index (κ1) is 24.2. The van der Waals surface area contributed by atoms with Gasteiger partial charge in [-0.15, -0.1) is 10.2 Å². The van der Waals surface area contributed by atoms with Crippen LogP contribution in [0.2, 0.25) is 0 Å². The van der Waals surface area contributed by atoms with Crippen LogP contribution in [-0.2, 0) is 9.59 Å². The van der Waals surface area contributed by atoms with Gasteiger partial charge in [0, 0.05) is 17.7 Å². The lowest BCUT2D eigenvalue weighted by Gasteiger charge is -2.14. The Morgan fingerprint density at radius 2 is 1.82 bits per heavy atom. The van der Waals surface area contributed by atoms with E-state index < -0.39 is 10.8 Å². The summed E-state index contributed by atoms with van der Waals surface area (Å²) in [5.41, 5.74) is 4.39. The van der Waals surface area contributed by atoms with Crippen molar-refractivity contribution in [3.63, 3.8) is 0 Å². The number of carbonyl (C=O) groups is 2. The van der Waals surface area contributed by atoms with E-state index in [0.29, 0.717) is 17.7 Å². The third-order valence-corrected chi connectivity index (χ3v) is 6.20. The zero-order valence-corrected chi connectivity index (χ0v) is 20.1. The number of nitrogens with one attached hydrogen (secondary N) is 3. The van der Waals surface area contributed by atoms with Gasteiger partial charge in [0.05, 0.1) is 10.9 Å². The zero-order valence-electron chi connectivity index (χ0n) is 19.3. The third-order valence-electron chi connectivity index (χ3n) is 5.22. The van der Waals surface area contributed by atoms with Crippen LogP contribution in [0.4, 0.5) is 11.4 Å². The van der Waals surface area contributed by atoms with E-state index in [1.165, 1.54) is 0 Å². The van der Waals surface area contributed by atoms with Gasteiger partial charge in [0.25, 0.3) is 5.56 Å². The summed E-state index contributed by atoms with van der Waals surface area (Å²) in [6.07, 6.45) is 0.312. The summed E-state index contributed by atoms with van der Waals surface area (Å²) in [5.74, 6) is -0.371. The number of H-pyrrole nitrogens is 1. The number of anilines is 2. The van der Waals surface area contributed by atoms with Crippen molar-refractivity contribution in [2.75, 3.05) is 10.6 Å². The van der Waals surface area contributed by atoms with Gasteiger partial charge in [-0.2, -0.15) is 0 Å². The van der Waals surface area contributed by atoms with E-state index in [4.69, 9.17) is 0 Å². The van der Waals surface area contributed by atoms with E-state index in [1.807, 2.05) is 45.0 Å². The normalized spacial score (nSPS) is 11.7. The molecule has 0 aliphatic heterocycles. The number of benzene rings is 2. The van der Waals surface area contributed by atoms with Crippen LogP contribution >= 0.6 is 11.8 Å². The van der Waals surface area contributed by atoms with Crippen LogP contribution in [-0.4, -0.2) is 32.2 Å². The molecule has 2 aromatic carbocycles. The third kappa shape index (κ3) is 5.87. The molecular formula is C24H27N5O3S. The zero-order chi connectivity index (χ0) is 24.1.